The van der Waals surface area contributed by atoms with Crippen LogP contribution in [0, 0.1) is 11.3 Å². The Morgan fingerprint density at radius 3 is 2.50 bits per heavy atom. The summed E-state index contributed by atoms with van der Waals surface area (Å²) < 4.78 is 5.37. The van der Waals surface area contributed by atoms with Gasteiger partial charge in [0.1, 0.15) is 5.54 Å². The smallest absolute Gasteiger partial charge is 0.326 e. The fraction of sp³-hybridized carbons (Fsp3) is 0.938. The second-order valence-electron chi connectivity index (χ2n) is 7.39. The zero-order valence-corrected chi connectivity index (χ0v) is 14.1. The minimum atomic E-state index is -0.507. The molecule has 1 rings (SSSR count). The SMILES string of the molecule is CCOC(=O)C1(NCCN(C)C)CC(C)CC(C)(C)C1. The molecule has 1 saturated carbocycles. The minimum absolute atomic E-state index is 0.0709. The fourth-order valence-electron chi connectivity index (χ4n) is 3.72. The number of carbonyl (C=O) groups excluding carboxylic acids is 1. The predicted molar refractivity (Wildman–Crippen MR) is 82.7 cm³/mol. The third-order valence-electron chi connectivity index (χ3n) is 4.07. The van der Waals surface area contributed by atoms with Crippen LogP contribution < -0.4 is 5.32 Å². The Labute approximate surface area is 124 Å². The third-order valence-corrected chi connectivity index (χ3v) is 4.07. The van der Waals surface area contributed by atoms with Gasteiger partial charge in [-0.2, -0.15) is 0 Å². The molecule has 0 radical (unpaired) electrons. The molecule has 1 aliphatic carbocycles. The maximum Gasteiger partial charge on any atom is 0.326 e. The van der Waals surface area contributed by atoms with Crippen molar-refractivity contribution in [1.29, 1.82) is 0 Å². The van der Waals surface area contributed by atoms with Gasteiger partial charge in [-0.1, -0.05) is 20.8 Å². The maximum atomic E-state index is 12.5. The molecule has 4 heteroatoms. The van der Waals surface area contributed by atoms with Gasteiger partial charge in [-0.15, -0.1) is 0 Å². The second kappa shape index (κ2) is 6.90. The Bertz CT molecular complexity index is 328. The van der Waals surface area contributed by atoms with Crippen LogP contribution >= 0.6 is 0 Å². The molecule has 0 spiro atoms. The van der Waals surface area contributed by atoms with Gasteiger partial charge in [0.05, 0.1) is 6.61 Å². The Balaban J connectivity index is 2.85. The van der Waals surface area contributed by atoms with Gasteiger partial charge in [-0.25, -0.2) is 0 Å². The van der Waals surface area contributed by atoms with Crippen molar-refractivity contribution in [2.24, 2.45) is 11.3 Å². The van der Waals surface area contributed by atoms with E-state index < -0.39 is 5.54 Å². The first-order chi connectivity index (χ1) is 9.21. The van der Waals surface area contributed by atoms with Crippen molar-refractivity contribution in [3.63, 3.8) is 0 Å². The molecule has 0 bridgehead atoms. The maximum absolute atomic E-state index is 12.5. The van der Waals surface area contributed by atoms with Gasteiger partial charge in [-0.05, 0) is 51.6 Å². The lowest BCUT2D eigenvalue weighted by atomic mass is 9.64. The van der Waals surface area contributed by atoms with Crippen molar-refractivity contribution in [2.45, 2.75) is 52.5 Å². The highest BCUT2D eigenvalue weighted by atomic mass is 16.5. The van der Waals surface area contributed by atoms with Gasteiger partial charge in [0, 0.05) is 13.1 Å². The first kappa shape index (κ1) is 17.4. The first-order valence-corrected chi connectivity index (χ1v) is 7.78. The van der Waals surface area contributed by atoms with E-state index in [-0.39, 0.29) is 11.4 Å². The van der Waals surface area contributed by atoms with E-state index in [0.717, 1.165) is 25.9 Å². The van der Waals surface area contributed by atoms with Crippen LogP contribution in [0.3, 0.4) is 0 Å². The number of rotatable bonds is 6. The minimum Gasteiger partial charge on any atom is -0.465 e. The van der Waals surface area contributed by atoms with Crippen molar-refractivity contribution >= 4 is 5.97 Å². The summed E-state index contributed by atoms with van der Waals surface area (Å²) in [4.78, 5) is 14.7. The van der Waals surface area contributed by atoms with E-state index in [9.17, 15) is 4.79 Å². The lowest BCUT2D eigenvalue weighted by Gasteiger charge is -2.46. The summed E-state index contributed by atoms with van der Waals surface area (Å²) in [5.41, 5.74) is -0.331. The van der Waals surface area contributed by atoms with E-state index in [0.29, 0.717) is 12.5 Å². The van der Waals surface area contributed by atoms with Gasteiger partial charge >= 0.3 is 5.97 Å². The van der Waals surface area contributed by atoms with Gasteiger partial charge in [0.15, 0.2) is 0 Å². The van der Waals surface area contributed by atoms with E-state index in [1.165, 1.54) is 6.42 Å². The summed E-state index contributed by atoms with van der Waals surface area (Å²) in [6.07, 6.45) is 2.91. The zero-order chi connectivity index (χ0) is 15.4. The molecule has 1 aliphatic rings. The molecule has 118 valence electrons. The van der Waals surface area contributed by atoms with Crippen LogP contribution in [0.15, 0.2) is 0 Å². The van der Waals surface area contributed by atoms with E-state index in [4.69, 9.17) is 4.74 Å². The number of likely N-dealkylation sites (N-methyl/N-ethyl adjacent to an activating group) is 1. The molecule has 20 heavy (non-hydrogen) atoms. The molecule has 1 N–H and O–H groups in total. The summed E-state index contributed by atoms with van der Waals surface area (Å²) in [6.45, 7) is 10.8. The molecule has 1 fully saturated rings. The molecule has 0 aromatic heterocycles. The molecule has 0 aromatic carbocycles. The van der Waals surface area contributed by atoms with Crippen LogP contribution in [-0.2, 0) is 9.53 Å². The number of nitrogens with one attached hydrogen (secondary N) is 1. The Kier molecular flexibility index (Phi) is 6.02. The number of esters is 1. The van der Waals surface area contributed by atoms with Crippen molar-refractivity contribution < 1.29 is 9.53 Å². The quantitative estimate of drug-likeness (QED) is 0.760. The van der Waals surface area contributed by atoms with Crippen LogP contribution in [0.4, 0.5) is 0 Å². The highest BCUT2D eigenvalue weighted by Crippen LogP contribution is 2.44. The van der Waals surface area contributed by atoms with Crippen LogP contribution in [0.1, 0.15) is 47.0 Å². The molecule has 4 nitrogen and oxygen atoms in total. The second-order valence-corrected chi connectivity index (χ2v) is 7.39. The van der Waals surface area contributed by atoms with Crippen molar-refractivity contribution in [3.05, 3.63) is 0 Å². The van der Waals surface area contributed by atoms with Crippen LogP contribution in [0.5, 0.6) is 0 Å². The first-order valence-electron chi connectivity index (χ1n) is 7.78. The van der Waals surface area contributed by atoms with Gasteiger partial charge in [-0.3, -0.25) is 4.79 Å². The Morgan fingerprint density at radius 1 is 1.35 bits per heavy atom. The number of carbonyl (C=O) groups is 1. The number of hydrogen-bond acceptors (Lipinski definition) is 4. The van der Waals surface area contributed by atoms with Gasteiger partial charge < -0.3 is 15.0 Å². The van der Waals surface area contributed by atoms with Gasteiger partial charge in [0.25, 0.3) is 0 Å². The lowest BCUT2D eigenvalue weighted by Crippen LogP contribution is -2.59. The Hall–Kier alpha value is -0.610. The third kappa shape index (κ3) is 4.74. The van der Waals surface area contributed by atoms with Crippen LogP contribution in [-0.4, -0.2) is 50.2 Å². The zero-order valence-electron chi connectivity index (χ0n) is 14.1. The molecule has 0 amide bonds. The summed E-state index contributed by atoms with van der Waals surface area (Å²) in [5.74, 6) is 0.466. The topological polar surface area (TPSA) is 41.6 Å². The molecule has 0 aliphatic heterocycles. The van der Waals surface area contributed by atoms with Crippen LogP contribution in [0.25, 0.3) is 0 Å². The predicted octanol–water partition coefficient (Wildman–Crippen LogP) is 2.29. The molecule has 2 unspecified atom stereocenters. The van der Waals surface area contributed by atoms with E-state index >= 15 is 0 Å². The Morgan fingerprint density at radius 2 is 2.00 bits per heavy atom. The lowest BCUT2D eigenvalue weighted by molar-refractivity contribution is -0.156. The average Bonchev–Trinajstić information content (AvgIpc) is 2.25. The molecular formula is C16H32N2O2. The summed E-state index contributed by atoms with van der Waals surface area (Å²) in [6, 6.07) is 0. The van der Waals surface area contributed by atoms with Gasteiger partial charge in [0.2, 0.25) is 0 Å². The summed E-state index contributed by atoms with van der Waals surface area (Å²) in [5, 5.41) is 3.52. The molecule has 0 aromatic rings. The standard InChI is InChI=1S/C16H32N2O2/c1-7-20-14(19)16(17-8-9-18(5)6)11-13(2)10-15(3,4)12-16/h13,17H,7-12H2,1-6H3. The number of nitrogens with zero attached hydrogens (tertiary/aromatic N) is 1. The van der Waals surface area contributed by atoms with Crippen molar-refractivity contribution in [1.82, 2.24) is 10.2 Å². The van der Waals surface area contributed by atoms with Crippen molar-refractivity contribution in [2.75, 3.05) is 33.8 Å². The van der Waals surface area contributed by atoms with E-state index in [1.807, 2.05) is 21.0 Å². The molecular weight excluding hydrogens is 252 g/mol. The molecule has 0 saturated heterocycles. The molecule has 2 atom stereocenters. The highest BCUT2D eigenvalue weighted by Gasteiger charge is 2.48. The van der Waals surface area contributed by atoms with Crippen LogP contribution in [0.2, 0.25) is 0 Å². The summed E-state index contributed by atoms with van der Waals surface area (Å²) >= 11 is 0. The fourth-order valence-corrected chi connectivity index (χ4v) is 3.72. The monoisotopic (exact) mass is 284 g/mol. The average molecular weight is 284 g/mol. The van der Waals surface area contributed by atoms with E-state index in [1.54, 1.807) is 0 Å². The van der Waals surface area contributed by atoms with Crippen molar-refractivity contribution in [3.8, 4) is 0 Å². The number of ether oxygens (including phenoxy) is 1. The normalized spacial score (nSPS) is 29.4. The highest BCUT2D eigenvalue weighted by molar-refractivity contribution is 5.81. The summed E-state index contributed by atoms with van der Waals surface area (Å²) in [7, 11) is 4.10. The molecule has 0 heterocycles. The van der Waals surface area contributed by atoms with E-state index in [2.05, 4.69) is 31.0 Å². The number of hydrogen-bond donors (Lipinski definition) is 1. The largest absolute Gasteiger partial charge is 0.465 e.